The largest absolute Gasteiger partial charge is 0.396 e. The molecule has 0 aromatic rings. The fourth-order valence-corrected chi connectivity index (χ4v) is 3.99. The molecule has 0 unspecified atom stereocenters. The topological polar surface area (TPSA) is 40.5 Å². The Morgan fingerprint density at radius 3 is 1.00 bits per heavy atom. The van der Waals surface area contributed by atoms with Gasteiger partial charge >= 0.3 is 0 Å². The highest BCUT2D eigenvalue weighted by atomic mass is 32.2. The molecule has 0 aromatic heterocycles. The molecular formula is C16H34O2S2. The van der Waals surface area contributed by atoms with Gasteiger partial charge in [0, 0.05) is 13.2 Å². The monoisotopic (exact) mass is 322 g/mol. The normalized spacial score (nSPS) is 11.1. The van der Waals surface area contributed by atoms with E-state index in [2.05, 4.69) is 23.5 Å². The van der Waals surface area contributed by atoms with Crippen molar-refractivity contribution in [3.8, 4) is 0 Å². The van der Waals surface area contributed by atoms with E-state index in [1.807, 2.05) is 0 Å². The molecule has 0 fully saturated rings. The standard InChI is InChI=1S/C16H34O2S2/c17-11-5-3-9-15-19-13-7-1-2-8-14-20-16-10-4-6-12-18/h17-18H,1-16H2. The third-order valence-electron chi connectivity index (χ3n) is 3.22. The first-order valence-electron chi connectivity index (χ1n) is 8.29. The average Bonchev–Trinajstić information content (AvgIpc) is 2.47. The number of aliphatic hydroxyl groups excluding tert-OH is 2. The molecule has 0 aliphatic carbocycles. The number of thioether (sulfide) groups is 2. The van der Waals surface area contributed by atoms with Crippen molar-refractivity contribution < 1.29 is 10.2 Å². The molecule has 0 aliphatic rings. The van der Waals surface area contributed by atoms with Gasteiger partial charge in [0.1, 0.15) is 0 Å². The minimum absolute atomic E-state index is 0.351. The number of unbranched alkanes of at least 4 members (excludes halogenated alkanes) is 7. The fourth-order valence-electron chi connectivity index (χ4n) is 1.95. The van der Waals surface area contributed by atoms with Gasteiger partial charge in [-0.25, -0.2) is 0 Å². The highest BCUT2D eigenvalue weighted by Crippen LogP contribution is 2.13. The minimum atomic E-state index is 0.351. The van der Waals surface area contributed by atoms with Crippen LogP contribution in [-0.2, 0) is 0 Å². The van der Waals surface area contributed by atoms with Crippen LogP contribution in [0.2, 0.25) is 0 Å². The van der Waals surface area contributed by atoms with Gasteiger partial charge in [-0.1, -0.05) is 25.7 Å². The number of hydrogen-bond donors (Lipinski definition) is 2. The quantitative estimate of drug-likeness (QED) is 0.391. The summed E-state index contributed by atoms with van der Waals surface area (Å²) in [5.41, 5.74) is 0. The van der Waals surface area contributed by atoms with Crippen LogP contribution >= 0.6 is 23.5 Å². The summed E-state index contributed by atoms with van der Waals surface area (Å²) in [5.74, 6) is 5.16. The number of rotatable bonds is 17. The molecule has 0 saturated carbocycles. The smallest absolute Gasteiger partial charge is 0.0431 e. The second-order valence-electron chi connectivity index (χ2n) is 5.21. The van der Waals surface area contributed by atoms with Crippen LogP contribution in [-0.4, -0.2) is 46.4 Å². The Labute approximate surface area is 134 Å². The summed E-state index contributed by atoms with van der Waals surface area (Å²) in [7, 11) is 0. The van der Waals surface area contributed by atoms with Crippen LogP contribution in [0.15, 0.2) is 0 Å². The highest BCUT2D eigenvalue weighted by Gasteiger charge is 1.94. The second kappa shape index (κ2) is 19.6. The average molecular weight is 323 g/mol. The molecular weight excluding hydrogens is 288 g/mol. The summed E-state index contributed by atoms with van der Waals surface area (Å²) in [5, 5.41) is 17.3. The van der Waals surface area contributed by atoms with E-state index >= 15 is 0 Å². The van der Waals surface area contributed by atoms with Gasteiger partial charge in [0.15, 0.2) is 0 Å². The Morgan fingerprint density at radius 1 is 0.400 bits per heavy atom. The Morgan fingerprint density at radius 2 is 0.700 bits per heavy atom. The fraction of sp³-hybridized carbons (Fsp3) is 1.00. The third-order valence-corrected chi connectivity index (χ3v) is 5.53. The molecule has 0 spiro atoms. The predicted molar refractivity (Wildman–Crippen MR) is 95.0 cm³/mol. The Bertz CT molecular complexity index is 151. The van der Waals surface area contributed by atoms with E-state index in [0.717, 1.165) is 12.8 Å². The zero-order chi connectivity index (χ0) is 14.7. The minimum Gasteiger partial charge on any atom is -0.396 e. The van der Waals surface area contributed by atoms with E-state index in [4.69, 9.17) is 10.2 Å². The maximum atomic E-state index is 8.66. The van der Waals surface area contributed by atoms with E-state index in [1.165, 1.54) is 74.4 Å². The second-order valence-corrected chi connectivity index (χ2v) is 7.66. The lowest BCUT2D eigenvalue weighted by Gasteiger charge is -2.03. The van der Waals surface area contributed by atoms with Crippen molar-refractivity contribution in [2.45, 2.75) is 64.2 Å². The first-order chi connectivity index (χ1) is 9.91. The number of hydrogen-bond acceptors (Lipinski definition) is 4. The number of aliphatic hydroxyl groups is 2. The summed E-state index contributed by atoms with van der Waals surface area (Å²) >= 11 is 4.15. The first kappa shape index (κ1) is 20.6. The van der Waals surface area contributed by atoms with Crippen LogP contribution in [0.1, 0.15) is 64.2 Å². The zero-order valence-electron chi connectivity index (χ0n) is 13.0. The van der Waals surface area contributed by atoms with Crippen LogP contribution in [0.5, 0.6) is 0 Å². The summed E-state index contributed by atoms with van der Waals surface area (Å²) in [6.45, 7) is 0.703. The molecule has 4 heteroatoms. The molecule has 2 nitrogen and oxygen atoms in total. The van der Waals surface area contributed by atoms with Gasteiger partial charge in [-0.3, -0.25) is 0 Å². The van der Waals surface area contributed by atoms with E-state index in [0.29, 0.717) is 13.2 Å². The van der Waals surface area contributed by atoms with Crippen LogP contribution in [0.4, 0.5) is 0 Å². The van der Waals surface area contributed by atoms with E-state index in [-0.39, 0.29) is 0 Å². The first-order valence-corrected chi connectivity index (χ1v) is 10.6. The van der Waals surface area contributed by atoms with Crippen LogP contribution in [0.25, 0.3) is 0 Å². The molecule has 0 saturated heterocycles. The molecule has 0 heterocycles. The van der Waals surface area contributed by atoms with Crippen molar-refractivity contribution in [1.82, 2.24) is 0 Å². The lowest BCUT2D eigenvalue weighted by Crippen LogP contribution is -1.89. The lowest BCUT2D eigenvalue weighted by molar-refractivity contribution is 0.284. The van der Waals surface area contributed by atoms with Gasteiger partial charge in [0.25, 0.3) is 0 Å². The van der Waals surface area contributed by atoms with Gasteiger partial charge in [-0.05, 0) is 61.5 Å². The molecule has 0 atom stereocenters. The summed E-state index contributed by atoms with van der Waals surface area (Å²) in [6.07, 6.45) is 12.3. The Hall–Kier alpha value is 0.620. The van der Waals surface area contributed by atoms with E-state index in [9.17, 15) is 0 Å². The van der Waals surface area contributed by atoms with Gasteiger partial charge in [0.2, 0.25) is 0 Å². The van der Waals surface area contributed by atoms with Crippen LogP contribution in [0.3, 0.4) is 0 Å². The van der Waals surface area contributed by atoms with E-state index < -0.39 is 0 Å². The Balaban J connectivity index is 2.89. The summed E-state index contributed by atoms with van der Waals surface area (Å²) < 4.78 is 0. The van der Waals surface area contributed by atoms with Crippen molar-refractivity contribution in [3.05, 3.63) is 0 Å². The predicted octanol–water partition coefficient (Wildman–Crippen LogP) is 4.34. The molecule has 20 heavy (non-hydrogen) atoms. The lowest BCUT2D eigenvalue weighted by atomic mass is 10.2. The van der Waals surface area contributed by atoms with Gasteiger partial charge < -0.3 is 10.2 Å². The highest BCUT2D eigenvalue weighted by molar-refractivity contribution is 7.99. The van der Waals surface area contributed by atoms with Crippen molar-refractivity contribution >= 4 is 23.5 Å². The Kier molecular flexibility index (Phi) is 20.2. The SMILES string of the molecule is OCCCCCSCCCCCCSCCCCCO. The van der Waals surface area contributed by atoms with Crippen molar-refractivity contribution in [1.29, 1.82) is 0 Å². The molecule has 0 amide bonds. The summed E-state index contributed by atoms with van der Waals surface area (Å²) in [6, 6.07) is 0. The van der Waals surface area contributed by atoms with Gasteiger partial charge in [0.05, 0.1) is 0 Å². The maximum absolute atomic E-state index is 8.66. The molecule has 0 rings (SSSR count). The molecule has 0 aromatic carbocycles. The summed E-state index contributed by atoms with van der Waals surface area (Å²) in [4.78, 5) is 0. The van der Waals surface area contributed by atoms with Gasteiger partial charge in [-0.2, -0.15) is 23.5 Å². The van der Waals surface area contributed by atoms with Gasteiger partial charge in [-0.15, -0.1) is 0 Å². The van der Waals surface area contributed by atoms with Crippen molar-refractivity contribution in [3.63, 3.8) is 0 Å². The molecule has 0 aliphatic heterocycles. The van der Waals surface area contributed by atoms with Crippen molar-refractivity contribution in [2.24, 2.45) is 0 Å². The molecule has 0 bridgehead atoms. The molecule has 0 radical (unpaired) electrons. The maximum Gasteiger partial charge on any atom is 0.0431 e. The van der Waals surface area contributed by atoms with E-state index in [1.54, 1.807) is 0 Å². The third kappa shape index (κ3) is 18.6. The molecule has 122 valence electrons. The van der Waals surface area contributed by atoms with Crippen LogP contribution < -0.4 is 0 Å². The van der Waals surface area contributed by atoms with Crippen LogP contribution in [0, 0.1) is 0 Å². The zero-order valence-corrected chi connectivity index (χ0v) is 14.7. The molecule has 2 N–H and O–H groups in total. The van der Waals surface area contributed by atoms with Crippen molar-refractivity contribution in [2.75, 3.05) is 36.2 Å².